The van der Waals surface area contributed by atoms with Gasteiger partial charge in [0, 0.05) is 31.0 Å². The second-order valence-electron chi connectivity index (χ2n) is 4.21. The fourth-order valence-corrected chi connectivity index (χ4v) is 1.93. The number of likely N-dealkylation sites (tertiary alicyclic amines) is 1. The quantitative estimate of drug-likeness (QED) is 0.595. The van der Waals surface area contributed by atoms with Gasteiger partial charge in [-0.05, 0) is 20.8 Å². The number of ketones is 1. The Morgan fingerprint density at radius 3 is 2.50 bits per heavy atom. The van der Waals surface area contributed by atoms with E-state index < -0.39 is 0 Å². The molecule has 1 rings (SSSR count). The molecule has 2 heteroatoms. The zero-order chi connectivity index (χ0) is 9.30. The number of piperidine rings is 1. The second-order valence-corrected chi connectivity index (χ2v) is 4.21. The summed E-state index contributed by atoms with van der Waals surface area (Å²) < 4.78 is 0. The van der Waals surface area contributed by atoms with Crippen LogP contribution in [0.25, 0.3) is 0 Å². The third-order valence-corrected chi connectivity index (χ3v) is 2.76. The van der Waals surface area contributed by atoms with Crippen LogP contribution < -0.4 is 0 Å². The average Bonchev–Trinajstić information content (AvgIpc) is 1.96. The van der Waals surface area contributed by atoms with Crippen molar-refractivity contribution in [1.82, 2.24) is 4.90 Å². The Labute approximate surface area is 74.9 Å². The van der Waals surface area contributed by atoms with Crippen molar-refractivity contribution < 1.29 is 4.79 Å². The molecule has 0 radical (unpaired) electrons. The van der Waals surface area contributed by atoms with Gasteiger partial charge in [-0.25, -0.2) is 0 Å². The van der Waals surface area contributed by atoms with Crippen molar-refractivity contribution in [2.45, 2.75) is 46.2 Å². The zero-order valence-corrected chi connectivity index (χ0v) is 8.50. The highest BCUT2D eigenvalue weighted by Crippen LogP contribution is 2.20. The second kappa shape index (κ2) is 3.56. The van der Waals surface area contributed by atoms with Crippen LogP contribution in [0.5, 0.6) is 0 Å². The first kappa shape index (κ1) is 9.72. The molecule has 0 unspecified atom stereocenters. The molecule has 0 bridgehead atoms. The Hall–Kier alpha value is -0.370. The summed E-state index contributed by atoms with van der Waals surface area (Å²) in [5, 5.41) is 0. The molecule has 1 aliphatic heterocycles. The maximum Gasteiger partial charge on any atom is 0.138 e. The number of hydrogen-bond donors (Lipinski definition) is 0. The smallest absolute Gasteiger partial charge is 0.138 e. The topological polar surface area (TPSA) is 20.3 Å². The van der Waals surface area contributed by atoms with Crippen molar-refractivity contribution in [3.63, 3.8) is 0 Å². The Balaban J connectivity index is 2.61. The van der Waals surface area contributed by atoms with Crippen LogP contribution >= 0.6 is 0 Å². The van der Waals surface area contributed by atoms with E-state index in [1.54, 1.807) is 0 Å². The van der Waals surface area contributed by atoms with Gasteiger partial charge in [-0.1, -0.05) is 6.92 Å². The van der Waals surface area contributed by atoms with Crippen molar-refractivity contribution in [3.05, 3.63) is 0 Å². The Kier molecular flexibility index (Phi) is 2.89. The van der Waals surface area contributed by atoms with Gasteiger partial charge >= 0.3 is 0 Å². The number of carbonyl (C=O) groups is 1. The van der Waals surface area contributed by atoms with Crippen LogP contribution in [0.3, 0.4) is 0 Å². The molecule has 1 fully saturated rings. The third-order valence-electron chi connectivity index (χ3n) is 2.76. The summed E-state index contributed by atoms with van der Waals surface area (Å²) in [6, 6.07) is 1.00. The summed E-state index contributed by atoms with van der Waals surface area (Å²) in [6.45, 7) is 9.50. The summed E-state index contributed by atoms with van der Waals surface area (Å²) in [5.41, 5.74) is 0. The van der Waals surface area contributed by atoms with E-state index in [-0.39, 0.29) is 5.92 Å². The van der Waals surface area contributed by atoms with E-state index in [0.717, 1.165) is 13.0 Å². The van der Waals surface area contributed by atoms with Gasteiger partial charge < -0.3 is 0 Å². The lowest BCUT2D eigenvalue weighted by molar-refractivity contribution is -0.127. The number of carbonyl (C=O) groups excluding carboxylic acids is 1. The number of rotatable bonds is 1. The highest BCUT2D eigenvalue weighted by molar-refractivity contribution is 5.82. The largest absolute Gasteiger partial charge is 0.299 e. The maximum atomic E-state index is 11.3. The van der Waals surface area contributed by atoms with E-state index in [2.05, 4.69) is 25.7 Å². The molecular formula is C10H19NO. The van der Waals surface area contributed by atoms with Gasteiger partial charge in [-0.2, -0.15) is 0 Å². The Morgan fingerprint density at radius 2 is 2.00 bits per heavy atom. The van der Waals surface area contributed by atoms with Gasteiger partial charge in [-0.15, -0.1) is 0 Å². The molecule has 1 heterocycles. The van der Waals surface area contributed by atoms with Gasteiger partial charge in [0.05, 0.1) is 0 Å². The van der Waals surface area contributed by atoms with Crippen LogP contribution in [0.1, 0.15) is 34.1 Å². The number of Topliss-reactive ketones (excluding diaryl/α,β-unsaturated/α-hetero) is 1. The molecule has 2 nitrogen and oxygen atoms in total. The van der Waals surface area contributed by atoms with Gasteiger partial charge in [0.2, 0.25) is 0 Å². The van der Waals surface area contributed by atoms with E-state index in [1.165, 1.54) is 0 Å². The molecule has 0 N–H and O–H groups in total. The lowest BCUT2D eigenvalue weighted by Crippen LogP contribution is -2.48. The first-order chi connectivity index (χ1) is 5.52. The predicted molar refractivity (Wildman–Crippen MR) is 50.1 cm³/mol. The molecule has 1 aliphatic rings. The minimum Gasteiger partial charge on any atom is -0.299 e. The molecule has 0 saturated carbocycles. The van der Waals surface area contributed by atoms with E-state index in [9.17, 15) is 4.79 Å². The van der Waals surface area contributed by atoms with Crippen LogP contribution in [0.4, 0.5) is 0 Å². The molecule has 0 spiro atoms. The standard InChI is InChI=1S/C10H19NO/c1-7(2)11-6-8(3)10(12)5-9(11)4/h7-9H,5-6H2,1-4H3/t8-,9-/m1/s1. The van der Waals surface area contributed by atoms with Crippen LogP contribution in [0.2, 0.25) is 0 Å². The van der Waals surface area contributed by atoms with Crippen molar-refractivity contribution >= 4 is 5.78 Å². The molecule has 70 valence electrons. The predicted octanol–water partition coefficient (Wildman–Crippen LogP) is 1.69. The van der Waals surface area contributed by atoms with Crippen LogP contribution in [0, 0.1) is 5.92 Å². The Bertz CT molecular complexity index is 177. The van der Waals surface area contributed by atoms with Gasteiger partial charge in [0.25, 0.3) is 0 Å². The molecule has 0 aromatic heterocycles. The van der Waals surface area contributed by atoms with Gasteiger partial charge in [0.1, 0.15) is 5.78 Å². The first-order valence-corrected chi connectivity index (χ1v) is 4.80. The van der Waals surface area contributed by atoms with Gasteiger partial charge in [-0.3, -0.25) is 9.69 Å². The fourth-order valence-electron chi connectivity index (χ4n) is 1.93. The molecule has 0 aromatic carbocycles. The molecule has 0 amide bonds. The molecule has 12 heavy (non-hydrogen) atoms. The zero-order valence-electron chi connectivity index (χ0n) is 8.50. The Morgan fingerprint density at radius 1 is 1.42 bits per heavy atom. The molecule has 0 aromatic rings. The van der Waals surface area contributed by atoms with E-state index in [1.807, 2.05) is 6.92 Å². The number of hydrogen-bond acceptors (Lipinski definition) is 2. The molecular weight excluding hydrogens is 150 g/mol. The molecule has 1 saturated heterocycles. The van der Waals surface area contributed by atoms with Crippen molar-refractivity contribution in [3.8, 4) is 0 Å². The van der Waals surface area contributed by atoms with Gasteiger partial charge in [0.15, 0.2) is 0 Å². The molecule has 0 aliphatic carbocycles. The van der Waals surface area contributed by atoms with E-state index >= 15 is 0 Å². The average molecular weight is 169 g/mol. The van der Waals surface area contributed by atoms with Crippen LogP contribution in [0.15, 0.2) is 0 Å². The fraction of sp³-hybridized carbons (Fsp3) is 0.900. The maximum absolute atomic E-state index is 11.3. The monoisotopic (exact) mass is 169 g/mol. The third kappa shape index (κ3) is 1.86. The van der Waals surface area contributed by atoms with Crippen molar-refractivity contribution in [1.29, 1.82) is 0 Å². The highest BCUT2D eigenvalue weighted by Gasteiger charge is 2.30. The summed E-state index contributed by atoms with van der Waals surface area (Å²) in [6.07, 6.45) is 0.735. The lowest BCUT2D eigenvalue weighted by atomic mass is 9.92. The SMILES string of the molecule is CC(C)N1C[C@@H](C)C(=O)C[C@H]1C. The molecule has 2 atom stereocenters. The summed E-state index contributed by atoms with van der Waals surface area (Å²) >= 11 is 0. The minimum absolute atomic E-state index is 0.239. The number of nitrogens with zero attached hydrogens (tertiary/aromatic N) is 1. The first-order valence-electron chi connectivity index (χ1n) is 4.80. The van der Waals surface area contributed by atoms with E-state index in [0.29, 0.717) is 17.9 Å². The van der Waals surface area contributed by atoms with Crippen molar-refractivity contribution in [2.75, 3.05) is 6.54 Å². The van der Waals surface area contributed by atoms with Crippen LogP contribution in [-0.4, -0.2) is 29.3 Å². The minimum atomic E-state index is 0.239. The summed E-state index contributed by atoms with van der Waals surface area (Å²) in [4.78, 5) is 13.8. The summed E-state index contributed by atoms with van der Waals surface area (Å²) in [7, 11) is 0. The van der Waals surface area contributed by atoms with Crippen LogP contribution in [-0.2, 0) is 4.79 Å². The van der Waals surface area contributed by atoms with Crippen molar-refractivity contribution in [2.24, 2.45) is 5.92 Å². The lowest BCUT2D eigenvalue weighted by Gasteiger charge is -2.38. The normalized spacial score (nSPS) is 32.9. The highest BCUT2D eigenvalue weighted by atomic mass is 16.1. The summed E-state index contributed by atoms with van der Waals surface area (Å²) in [5.74, 6) is 0.669. The van der Waals surface area contributed by atoms with E-state index in [4.69, 9.17) is 0 Å².